The number of hydrogen-bond donors (Lipinski definition) is 2. The number of sulfonamides is 1. The predicted molar refractivity (Wildman–Crippen MR) is 104 cm³/mol. The van der Waals surface area contributed by atoms with Gasteiger partial charge in [-0.1, -0.05) is 6.07 Å². The molecule has 0 saturated carbocycles. The fraction of sp³-hybridized carbons (Fsp3) is 0.278. The van der Waals surface area contributed by atoms with Crippen LogP contribution in [-0.2, 0) is 10.0 Å². The van der Waals surface area contributed by atoms with Gasteiger partial charge in [-0.2, -0.15) is 0 Å². The molecule has 1 fully saturated rings. The van der Waals surface area contributed by atoms with Crippen LogP contribution in [0.3, 0.4) is 0 Å². The van der Waals surface area contributed by atoms with Gasteiger partial charge in [0.2, 0.25) is 0 Å². The second-order valence-electron chi connectivity index (χ2n) is 6.39. The number of anilines is 1. The van der Waals surface area contributed by atoms with E-state index in [4.69, 9.17) is 5.73 Å². The van der Waals surface area contributed by atoms with E-state index in [0.29, 0.717) is 37.6 Å². The summed E-state index contributed by atoms with van der Waals surface area (Å²) in [5.41, 5.74) is 6.32. The summed E-state index contributed by atoms with van der Waals surface area (Å²) in [6.07, 6.45) is 1.43. The highest BCUT2D eigenvalue weighted by Gasteiger charge is 2.22. The van der Waals surface area contributed by atoms with E-state index in [2.05, 4.69) is 4.72 Å². The molecule has 0 aromatic heterocycles. The summed E-state index contributed by atoms with van der Waals surface area (Å²) in [5.74, 6) is -2.61. The molecule has 10 heteroatoms. The first-order valence-electron chi connectivity index (χ1n) is 8.39. The second-order valence-corrected chi connectivity index (χ2v) is 8.07. The van der Waals surface area contributed by atoms with E-state index in [1.807, 2.05) is 0 Å². The molecule has 1 aliphatic rings. The lowest BCUT2D eigenvalue weighted by Crippen LogP contribution is -2.42. The number of nitrogens with one attached hydrogen (secondary N) is 1. The number of carbonyl (C=O) groups excluding carboxylic acids is 1. The topological polar surface area (TPSA) is 92.5 Å². The maximum atomic E-state index is 13.3. The number of amides is 1. The van der Waals surface area contributed by atoms with Gasteiger partial charge in [0.05, 0.1) is 4.90 Å². The largest absolute Gasteiger partial charge is 0.339 e. The van der Waals surface area contributed by atoms with Gasteiger partial charge in [-0.25, -0.2) is 17.2 Å². The van der Waals surface area contributed by atoms with Crippen molar-refractivity contribution in [1.82, 2.24) is 4.90 Å². The molecule has 1 saturated heterocycles. The molecule has 152 valence electrons. The number of nitrogens with zero attached hydrogens (tertiary/aromatic N) is 1. The van der Waals surface area contributed by atoms with Gasteiger partial charge >= 0.3 is 0 Å². The lowest BCUT2D eigenvalue weighted by atomic mass is 10.0. The normalized spacial score (nSPS) is 15.0. The molecule has 1 amide bonds. The van der Waals surface area contributed by atoms with Gasteiger partial charge in [-0.05, 0) is 49.2 Å². The van der Waals surface area contributed by atoms with Crippen LogP contribution in [0.1, 0.15) is 23.2 Å². The van der Waals surface area contributed by atoms with Crippen LogP contribution in [0.5, 0.6) is 0 Å². The third kappa shape index (κ3) is 4.98. The van der Waals surface area contributed by atoms with Crippen LogP contribution < -0.4 is 10.5 Å². The number of rotatable bonds is 4. The van der Waals surface area contributed by atoms with Gasteiger partial charge in [-0.15, -0.1) is 12.4 Å². The predicted octanol–water partition coefficient (Wildman–Crippen LogP) is 2.75. The standard InChI is InChI=1S/C18H19F2N3O3S.ClH/c19-16-5-4-15(11-17(16)20)27(25,26)22-14-3-1-2-12(10-14)18(24)23-8-6-13(21)7-9-23;/h1-5,10-11,13,22H,6-9,21H2;1H. The van der Waals surface area contributed by atoms with E-state index in [0.717, 1.165) is 12.1 Å². The van der Waals surface area contributed by atoms with Gasteiger partial charge in [0.15, 0.2) is 11.6 Å². The van der Waals surface area contributed by atoms with Gasteiger partial charge in [0.25, 0.3) is 15.9 Å². The molecule has 2 aromatic rings. The fourth-order valence-electron chi connectivity index (χ4n) is 2.86. The molecular weight excluding hydrogens is 412 g/mol. The maximum absolute atomic E-state index is 13.3. The van der Waals surface area contributed by atoms with Crippen molar-refractivity contribution in [2.75, 3.05) is 17.8 Å². The second kappa shape index (κ2) is 8.85. The van der Waals surface area contributed by atoms with Crippen LogP contribution in [0.2, 0.25) is 0 Å². The molecule has 0 atom stereocenters. The Morgan fingerprint density at radius 1 is 1.07 bits per heavy atom. The Kier molecular flexibility index (Phi) is 6.97. The third-order valence-corrected chi connectivity index (χ3v) is 5.77. The van der Waals surface area contributed by atoms with Gasteiger partial charge < -0.3 is 10.6 Å². The zero-order valence-corrected chi connectivity index (χ0v) is 16.4. The Hall–Kier alpha value is -2.23. The van der Waals surface area contributed by atoms with Crippen molar-refractivity contribution < 1.29 is 22.0 Å². The summed E-state index contributed by atoms with van der Waals surface area (Å²) in [7, 11) is -4.13. The Morgan fingerprint density at radius 2 is 1.75 bits per heavy atom. The Labute approximate surface area is 168 Å². The van der Waals surface area contributed by atoms with Crippen molar-refractivity contribution in [2.45, 2.75) is 23.8 Å². The van der Waals surface area contributed by atoms with Crippen molar-refractivity contribution in [2.24, 2.45) is 5.73 Å². The Bertz CT molecular complexity index is 964. The number of carbonyl (C=O) groups is 1. The van der Waals surface area contributed by atoms with Gasteiger partial charge in [0.1, 0.15) is 0 Å². The zero-order chi connectivity index (χ0) is 19.6. The lowest BCUT2D eigenvalue weighted by molar-refractivity contribution is 0.0715. The number of likely N-dealkylation sites (tertiary alicyclic amines) is 1. The third-order valence-electron chi connectivity index (χ3n) is 4.39. The van der Waals surface area contributed by atoms with E-state index in [1.165, 1.54) is 12.1 Å². The van der Waals surface area contributed by atoms with Gasteiger partial charge in [-0.3, -0.25) is 9.52 Å². The SMILES string of the molecule is Cl.NC1CCN(C(=O)c2cccc(NS(=O)(=O)c3ccc(F)c(F)c3)c2)CC1. The molecular formula is C18H20ClF2N3O3S. The average Bonchev–Trinajstić information content (AvgIpc) is 2.64. The molecule has 0 aliphatic carbocycles. The van der Waals surface area contributed by atoms with Crippen LogP contribution in [0.25, 0.3) is 0 Å². The van der Waals surface area contributed by atoms with Gasteiger partial charge in [0, 0.05) is 30.4 Å². The first kappa shape index (κ1) is 22.1. The minimum atomic E-state index is -4.13. The van der Waals surface area contributed by atoms with Crippen molar-refractivity contribution in [1.29, 1.82) is 0 Å². The fourth-order valence-corrected chi connectivity index (χ4v) is 3.92. The molecule has 0 radical (unpaired) electrons. The van der Waals surface area contributed by atoms with Crippen LogP contribution in [-0.4, -0.2) is 38.4 Å². The van der Waals surface area contributed by atoms with Crippen LogP contribution in [0.15, 0.2) is 47.4 Å². The smallest absolute Gasteiger partial charge is 0.261 e. The van der Waals surface area contributed by atoms with Crippen LogP contribution in [0.4, 0.5) is 14.5 Å². The lowest BCUT2D eigenvalue weighted by Gasteiger charge is -2.30. The number of halogens is 3. The molecule has 2 aromatic carbocycles. The van der Waals surface area contributed by atoms with Crippen molar-refractivity contribution in [3.8, 4) is 0 Å². The molecule has 0 spiro atoms. The first-order chi connectivity index (χ1) is 12.8. The number of hydrogen-bond acceptors (Lipinski definition) is 4. The van der Waals surface area contributed by atoms with Crippen molar-refractivity contribution in [3.05, 3.63) is 59.7 Å². The summed E-state index contributed by atoms with van der Waals surface area (Å²) in [4.78, 5) is 13.9. The molecule has 1 heterocycles. The zero-order valence-electron chi connectivity index (χ0n) is 14.8. The van der Waals surface area contributed by atoms with Crippen molar-refractivity contribution in [3.63, 3.8) is 0 Å². The maximum Gasteiger partial charge on any atom is 0.261 e. The van der Waals surface area contributed by atoms with E-state index < -0.39 is 26.6 Å². The molecule has 0 unspecified atom stereocenters. The molecule has 3 N–H and O–H groups in total. The highest BCUT2D eigenvalue weighted by Crippen LogP contribution is 2.20. The number of benzene rings is 2. The summed E-state index contributed by atoms with van der Waals surface area (Å²) >= 11 is 0. The molecule has 0 bridgehead atoms. The summed E-state index contributed by atoms with van der Waals surface area (Å²) < 4.78 is 53.4. The highest BCUT2D eigenvalue weighted by atomic mass is 35.5. The molecule has 6 nitrogen and oxygen atoms in total. The summed E-state index contributed by atoms with van der Waals surface area (Å²) in [5, 5.41) is 0. The van der Waals surface area contributed by atoms with E-state index in [-0.39, 0.29) is 30.0 Å². The quantitative estimate of drug-likeness (QED) is 0.778. The molecule has 28 heavy (non-hydrogen) atoms. The Morgan fingerprint density at radius 3 is 2.39 bits per heavy atom. The summed E-state index contributed by atoms with van der Waals surface area (Å²) in [6.45, 7) is 1.09. The van der Waals surface area contributed by atoms with E-state index in [9.17, 15) is 22.0 Å². The molecule has 1 aliphatic heterocycles. The summed E-state index contributed by atoms with van der Waals surface area (Å²) in [6, 6.07) is 8.41. The van der Waals surface area contributed by atoms with Crippen LogP contribution in [0, 0.1) is 11.6 Å². The minimum Gasteiger partial charge on any atom is -0.339 e. The minimum absolute atomic E-state index is 0. The highest BCUT2D eigenvalue weighted by molar-refractivity contribution is 7.92. The van der Waals surface area contributed by atoms with Crippen molar-refractivity contribution >= 4 is 34.0 Å². The van der Waals surface area contributed by atoms with Crippen LogP contribution >= 0.6 is 12.4 Å². The molecule has 3 rings (SSSR count). The first-order valence-corrected chi connectivity index (χ1v) is 9.87. The number of nitrogens with two attached hydrogens (primary N) is 1. The van der Waals surface area contributed by atoms with E-state index >= 15 is 0 Å². The average molecular weight is 432 g/mol. The monoisotopic (exact) mass is 431 g/mol. The number of piperidine rings is 1. The Balaban J connectivity index is 0.00000280. The van der Waals surface area contributed by atoms with E-state index in [1.54, 1.807) is 17.0 Å².